The topological polar surface area (TPSA) is 105 Å². The van der Waals surface area contributed by atoms with Crippen molar-refractivity contribution in [3.05, 3.63) is 47.8 Å². The molecule has 0 bridgehead atoms. The van der Waals surface area contributed by atoms with Gasteiger partial charge in [0.25, 0.3) is 5.91 Å². The first-order chi connectivity index (χ1) is 16.0. The fourth-order valence-electron chi connectivity index (χ4n) is 3.22. The number of carbonyl (C=O) groups excluding carboxylic acids is 2. The Balaban J connectivity index is 1.35. The molecule has 10 heteroatoms. The number of amides is 1. The van der Waals surface area contributed by atoms with Crippen molar-refractivity contribution in [2.24, 2.45) is 0 Å². The molecule has 0 aliphatic carbocycles. The number of hydrogen-bond donors (Lipinski definition) is 1. The molecule has 1 N–H and O–H groups in total. The molecule has 1 aromatic heterocycles. The van der Waals surface area contributed by atoms with E-state index in [1.807, 2.05) is 6.07 Å². The molecule has 0 saturated carbocycles. The molecule has 1 amide bonds. The summed E-state index contributed by atoms with van der Waals surface area (Å²) in [6.07, 6.45) is -1.53. The Morgan fingerprint density at radius 3 is 2.58 bits per heavy atom. The zero-order valence-electron chi connectivity index (χ0n) is 18.2. The zero-order chi connectivity index (χ0) is 23.4. The number of carbonyl (C=O) groups is 2. The Morgan fingerprint density at radius 2 is 1.85 bits per heavy atom. The number of aromatic nitrogens is 1. The highest BCUT2D eigenvalue weighted by atomic mass is 32.1. The predicted molar refractivity (Wildman–Crippen MR) is 121 cm³/mol. The summed E-state index contributed by atoms with van der Waals surface area (Å²) in [4.78, 5) is 29.2. The third-order valence-corrected chi connectivity index (χ3v) is 5.61. The van der Waals surface area contributed by atoms with Crippen LogP contribution in [0.25, 0.3) is 11.3 Å². The van der Waals surface area contributed by atoms with E-state index in [1.54, 1.807) is 62.9 Å². The number of nitrogens with one attached hydrogen (secondary N) is 1. The lowest BCUT2D eigenvalue weighted by Crippen LogP contribution is -2.45. The fraction of sp³-hybridized carbons (Fsp3) is 0.261. The molecule has 9 nitrogen and oxygen atoms in total. The number of methoxy groups -OCH3 is 2. The standard InChI is InChI=1S/C23H22N2O7S/c1-13-21(32-19-7-5-4-6-18(19)31-13)22(27)30-11-20(26)25-23-24-16(12-33-23)15-10-14(28-2)8-9-17(15)29-3/h4-10,12-13,21H,11H2,1-3H3,(H,24,25,26). The lowest BCUT2D eigenvalue weighted by atomic mass is 10.1. The first-order valence-electron chi connectivity index (χ1n) is 10.0. The second-order valence-electron chi connectivity index (χ2n) is 7.07. The number of esters is 1. The molecule has 3 aromatic rings. The summed E-state index contributed by atoms with van der Waals surface area (Å²) in [5.41, 5.74) is 1.34. The molecule has 33 heavy (non-hydrogen) atoms. The maximum Gasteiger partial charge on any atom is 0.351 e. The van der Waals surface area contributed by atoms with E-state index < -0.39 is 30.7 Å². The van der Waals surface area contributed by atoms with Crippen LogP contribution in [0.5, 0.6) is 23.0 Å². The van der Waals surface area contributed by atoms with Crippen molar-refractivity contribution in [1.29, 1.82) is 0 Å². The van der Waals surface area contributed by atoms with Crippen LogP contribution in [0, 0.1) is 0 Å². The van der Waals surface area contributed by atoms with E-state index in [9.17, 15) is 9.59 Å². The minimum atomic E-state index is -0.973. The van der Waals surface area contributed by atoms with Gasteiger partial charge in [-0.15, -0.1) is 11.3 Å². The SMILES string of the molecule is COc1ccc(OC)c(-c2csc(NC(=O)COC(=O)C3Oc4ccccc4OC3C)n2)c1. The van der Waals surface area contributed by atoms with Gasteiger partial charge in [-0.1, -0.05) is 12.1 Å². The highest BCUT2D eigenvalue weighted by molar-refractivity contribution is 7.14. The van der Waals surface area contributed by atoms with Crippen LogP contribution in [0.15, 0.2) is 47.8 Å². The second kappa shape index (κ2) is 9.78. The van der Waals surface area contributed by atoms with Gasteiger partial charge in [0.2, 0.25) is 6.10 Å². The van der Waals surface area contributed by atoms with Gasteiger partial charge in [-0.25, -0.2) is 9.78 Å². The van der Waals surface area contributed by atoms with Crippen LogP contribution in [0.1, 0.15) is 6.92 Å². The largest absolute Gasteiger partial charge is 0.497 e. The minimum absolute atomic E-state index is 0.357. The van der Waals surface area contributed by atoms with Crippen LogP contribution in [-0.4, -0.2) is 49.9 Å². The maximum absolute atomic E-state index is 12.4. The third kappa shape index (κ3) is 5.01. The molecule has 2 atom stereocenters. The lowest BCUT2D eigenvalue weighted by molar-refractivity contribution is -0.159. The highest BCUT2D eigenvalue weighted by Gasteiger charge is 2.35. The van der Waals surface area contributed by atoms with E-state index in [2.05, 4.69) is 10.3 Å². The third-order valence-electron chi connectivity index (χ3n) is 4.85. The van der Waals surface area contributed by atoms with Crippen molar-refractivity contribution in [2.75, 3.05) is 26.1 Å². The number of hydrogen-bond acceptors (Lipinski definition) is 9. The molecule has 2 heterocycles. The molecule has 0 saturated heterocycles. The summed E-state index contributed by atoms with van der Waals surface area (Å²) >= 11 is 1.24. The minimum Gasteiger partial charge on any atom is -0.497 e. The number of nitrogens with zero attached hydrogens (tertiary/aromatic N) is 1. The monoisotopic (exact) mass is 470 g/mol. The first-order valence-corrected chi connectivity index (χ1v) is 10.9. The average Bonchev–Trinajstić information content (AvgIpc) is 3.29. The molecule has 1 aliphatic rings. The van der Waals surface area contributed by atoms with Crippen molar-refractivity contribution in [3.8, 4) is 34.3 Å². The molecule has 4 rings (SSSR count). The summed E-state index contributed by atoms with van der Waals surface area (Å²) in [5, 5.41) is 4.77. The maximum atomic E-state index is 12.4. The van der Waals surface area contributed by atoms with Gasteiger partial charge in [-0.05, 0) is 37.3 Å². The zero-order valence-corrected chi connectivity index (χ0v) is 19.0. The molecule has 2 unspecified atom stereocenters. The average molecular weight is 471 g/mol. The number of para-hydroxylation sites is 2. The Morgan fingerprint density at radius 1 is 1.09 bits per heavy atom. The van der Waals surface area contributed by atoms with Gasteiger partial charge in [0.15, 0.2) is 23.2 Å². The van der Waals surface area contributed by atoms with Crippen LogP contribution in [0.4, 0.5) is 5.13 Å². The van der Waals surface area contributed by atoms with Crippen LogP contribution in [0.3, 0.4) is 0 Å². The number of thiazole rings is 1. The van der Waals surface area contributed by atoms with E-state index in [4.69, 9.17) is 23.7 Å². The molecule has 0 radical (unpaired) electrons. The molecule has 2 aromatic carbocycles. The van der Waals surface area contributed by atoms with Gasteiger partial charge in [0, 0.05) is 10.9 Å². The normalized spacial score (nSPS) is 16.6. The Bertz CT molecular complexity index is 1160. The van der Waals surface area contributed by atoms with Crippen LogP contribution in [-0.2, 0) is 14.3 Å². The molecule has 0 fully saturated rings. The number of anilines is 1. The smallest absolute Gasteiger partial charge is 0.351 e. The number of rotatable bonds is 7. The Labute approximate surface area is 194 Å². The summed E-state index contributed by atoms with van der Waals surface area (Å²) in [7, 11) is 3.14. The molecular formula is C23H22N2O7S. The van der Waals surface area contributed by atoms with Gasteiger partial charge in [-0.3, -0.25) is 10.1 Å². The Hall–Kier alpha value is -3.79. The first kappa shape index (κ1) is 22.4. The molecule has 0 spiro atoms. The quantitative estimate of drug-likeness (QED) is 0.523. The lowest BCUT2D eigenvalue weighted by Gasteiger charge is -2.30. The summed E-state index contributed by atoms with van der Waals surface area (Å²) in [5.74, 6) is 1.07. The van der Waals surface area contributed by atoms with E-state index >= 15 is 0 Å². The number of ether oxygens (including phenoxy) is 5. The van der Waals surface area contributed by atoms with E-state index in [1.165, 1.54) is 11.3 Å². The van der Waals surface area contributed by atoms with Crippen LogP contribution in [0.2, 0.25) is 0 Å². The van der Waals surface area contributed by atoms with Gasteiger partial charge in [0.1, 0.15) is 17.6 Å². The van der Waals surface area contributed by atoms with Crippen molar-refractivity contribution >= 4 is 28.3 Å². The van der Waals surface area contributed by atoms with Crippen molar-refractivity contribution < 1.29 is 33.3 Å². The fourth-order valence-corrected chi connectivity index (χ4v) is 3.95. The van der Waals surface area contributed by atoms with Crippen LogP contribution < -0.4 is 24.3 Å². The van der Waals surface area contributed by atoms with E-state index in [0.717, 1.165) is 5.56 Å². The van der Waals surface area contributed by atoms with Crippen molar-refractivity contribution in [2.45, 2.75) is 19.1 Å². The van der Waals surface area contributed by atoms with Gasteiger partial charge in [-0.2, -0.15) is 0 Å². The van der Waals surface area contributed by atoms with Crippen LogP contribution >= 0.6 is 11.3 Å². The molecule has 172 valence electrons. The van der Waals surface area contributed by atoms with Crippen molar-refractivity contribution in [1.82, 2.24) is 4.98 Å². The summed E-state index contributed by atoms with van der Waals surface area (Å²) in [6, 6.07) is 12.4. The predicted octanol–water partition coefficient (Wildman–Crippen LogP) is 3.54. The number of benzene rings is 2. The van der Waals surface area contributed by atoms with E-state index in [-0.39, 0.29) is 0 Å². The van der Waals surface area contributed by atoms with Crippen molar-refractivity contribution in [3.63, 3.8) is 0 Å². The second-order valence-corrected chi connectivity index (χ2v) is 7.93. The Kier molecular flexibility index (Phi) is 6.64. The van der Waals surface area contributed by atoms with Gasteiger partial charge in [0.05, 0.1) is 19.9 Å². The summed E-state index contributed by atoms with van der Waals surface area (Å²) < 4.78 is 27.2. The molecular weight excluding hydrogens is 448 g/mol. The van der Waals surface area contributed by atoms with Gasteiger partial charge >= 0.3 is 5.97 Å². The van der Waals surface area contributed by atoms with E-state index in [0.29, 0.717) is 33.8 Å². The van der Waals surface area contributed by atoms with Gasteiger partial charge < -0.3 is 23.7 Å². The number of fused-ring (bicyclic) bond motifs is 1. The highest BCUT2D eigenvalue weighted by Crippen LogP contribution is 2.35. The molecule has 1 aliphatic heterocycles. The summed E-state index contributed by atoms with van der Waals surface area (Å²) in [6.45, 7) is 1.22.